The molecular weight excluding hydrogens is 562 g/mol. The molecule has 1 fully saturated rings. The minimum atomic E-state index is -0.876. The fraction of sp³-hybridized carbons (Fsp3) is 0.419. The maximum absolute atomic E-state index is 14.3. The quantitative estimate of drug-likeness (QED) is 0.279. The number of hydrogen-bond donors (Lipinski definition) is 1. The average molecular weight is 601 g/mol. The molecule has 3 aromatic rings. The Bertz CT molecular complexity index is 1360. The molecule has 0 saturated carbocycles. The molecule has 0 unspecified atom stereocenters. The van der Waals surface area contributed by atoms with Gasteiger partial charge in [-0.25, -0.2) is 13.6 Å². The lowest BCUT2D eigenvalue weighted by molar-refractivity contribution is -0.132. The monoisotopic (exact) mass is 600 g/mol. The predicted octanol–water partition coefficient (Wildman–Crippen LogP) is 5.55. The van der Waals surface area contributed by atoms with Gasteiger partial charge in [0.2, 0.25) is 5.91 Å². The van der Waals surface area contributed by atoms with E-state index in [1.807, 2.05) is 36.6 Å². The zero-order chi connectivity index (χ0) is 30.1. The second-order valence-electron chi connectivity index (χ2n) is 10.3. The third-order valence-corrected chi connectivity index (χ3v) is 8.45. The number of benzene rings is 2. The Labute approximate surface area is 249 Å². The van der Waals surface area contributed by atoms with Crippen molar-refractivity contribution in [3.63, 3.8) is 0 Å². The summed E-state index contributed by atoms with van der Waals surface area (Å²) >= 11 is 1.58. The van der Waals surface area contributed by atoms with Crippen LogP contribution >= 0.6 is 11.3 Å². The summed E-state index contributed by atoms with van der Waals surface area (Å²) < 4.78 is 38.5. The lowest BCUT2D eigenvalue weighted by atomic mass is 10.1. The SMILES string of the molecule is COc1ccc(CCN(Cc2sccc2C)C(=O)CN(CCN2CCCC2)C(=O)Nc2ccc(F)cc2F)cc1OC. The average Bonchev–Trinajstić information content (AvgIpc) is 3.65. The van der Waals surface area contributed by atoms with Crippen molar-refractivity contribution in [1.82, 2.24) is 14.7 Å². The summed E-state index contributed by atoms with van der Waals surface area (Å²) in [6.45, 7) is 5.42. The minimum absolute atomic E-state index is 0.139. The molecule has 1 aliphatic heterocycles. The number of rotatable bonds is 13. The summed E-state index contributed by atoms with van der Waals surface area (Å²) in [7, 11) is 3.16. The first-order valence-corrected chi connectivity index (χ1v) is 14.9. The molecule has 42 heavy (non-hydrogen) atoms. The highest BCUT2D eigenvalue weighted by Gasteiger charge is 2.24. The van der Waals surface area contributed by atoms with Crippen LogP contribution in [0.4, 0.5) is 19.3 Å². The van der Waals surface area contributed by atoms with Crippen molar-refractivity contribution >= 4 is 29.0 Å². The van der Waals surface area contributed by atoms with Gasteiger partial charge < -0.3 is 29.5 Å². The number of likely N-dealkylation sites (tertiary alicyclic amines) is 1. The van der Waals surface area contributed by atoms with Crippen LogP contribution in [0.25, 0.3) is 0 Å². The lowest BCUT2D eigenvalue weighted by Crippen LogP contribution is -2.47. The third-order valence-electron chi connectivity index (χ3n) is 7.44. The van der Waals surface area contributed by atoms with Gasteiger partial charge in [-0.15, -0.1) is 11.3 Å². The number of thiophene rings is 1. The first-order chi connectivity index (χ1) is 20.3. The highest BCUT2D eigenvalue weighted by molar-refractivity contribution is 7.10. The Morgan fingerprint density at radius 3 is 2.40 bits per heavy atom. The number of amides is 3. The van der Waals surface area contributed by atoms with Gasteiger partial charge in [0, 0.05) is 30.6 Å². The summed E-state index contributed by atoms with van der Waals surface area (Å²) in [6, 6.07) is 10.1. The van der Waals surface area contributed by atoms with Crippen LogP contribution in [0, 0.1) is 18.6 Å². The van der Waals surface area contributed by atoms with Crippen molar-refractivity contribution in [2.45, 2.75) is 32.7 Å². The number of urea groups is 1. The van der Waals surface area contributed by atoms with E-state index in [9.17, 15) is 18.4 Å². The van der Waals surface area contributed by atoms with Gasteiger partial charge in [0.1, 0.15) is 18.2 Å². The molecule has 8 nitrogen and oxygen atoms in total. The van der Waals surface area contributed by atoms with E-state index in [2.05, 4.69) is 10.2 Å². The minimum Gasteiger partial charge on any atom is -0.493 e. The summed E-state index contributed by atoms with van der Waals surface area (Å²) in [6.07, 6.45) is 2.75. The zero-order valence-corrected chi connectivity index (χ0v) is 25.1. The van der Waals surface area contributed by atoms with E-state index < -0.39 is 17.7 Å². The summed E-state index contributed by atoms with van der Waals surface area (Å²) in [5.41, 5.74) is 1.93. The number of ether oxygens (including phenoxy) is 2. The molecule has 0 spiro atoms. The van der Waals surface area contributed by atoms with Gasteiger partial charge in [-0.05, 0) is 86.1 Å². The van der Waals surface area contributed by atoms with E-state index in [1.54, 1.807) is 30.5 Å². The molecule has 0 atom stereocenters. The number of halogens is 2. The van der Waals surface area contributed by atoms with Crippen molar-refractivity contribution in [3.8, 4) is 11.5 Å². The predicted molar refractivity (Wildman–Crippen MR) is 160 cm³/mol. The zero-order valence-electron chi connectivity index (χ0n) is 24.3. The Balaban J connectivity index is 1.51. The van der Waals surface area contributed by atoms with Gasteiger partial charge >= 0.3 is 6.03 Å². The second kappa shape index (κ2) is 15.0. The third kappa shape index (κ3) is 8.42. The van der Waals surface area contributed by atoms with E-state index in [0.29, 0.717) is 50.2 Å². The van der Waals surface area contributed by atoms with Gasteiger partial charge in [0.25, 0.3) is 0 Å². The van der Waals surface area contributed by atoms with Gasteiger partial charge in [-0.1, -0.05) is 6.07 Å². The molecule has 1 N–H and O–H groups in total. The summed E-state index contributed by atoms with van der Waals surface area (Å²) in [4.78, 5) is 33.6. The number of anilines is 1. The molecule has 226 valence electrons. The van der Waals surface area contributed by atoms with Crippen LogP contribution in [0.3, 0.4) is 0 Å². The fourth-order valence-electron chi connectivity index (χ4n) is 4.90. The van der Waals surface area contributed by atoms with Gasteiger partial charge in [0.15, 0.2) is 11.5 Å². The molecule has 1 aromatic heterocycles. The number of hydrogen-bond acceptors (Lipinski definition) is 6. The molecule has 4 rings (SSSR count). The molecule has 0 aliphatic carbocycles. The maximum atomic E-state index is 14.3. The van der Waals surface area contributed by atoms with Crippen LogP contribution in [0.5, 0.6) is 11.5 Å². The van der Waals surface area contributed by atoms with E-state index in [1.165, 1.54) is 11.0 Å². The number of aryl methyl sites for hydroxylation is 1. The van der Waals surface area contributed by atoms with Gasteiger partial charge in [-0.2, -0.15) is 0 Å². The Kier molecular flexibility index (Phi) is 11.1. The molecule has 3 amide bonds. The van der Waals surface area contributed by atoms with Crippen LogP contribution in [0.2, 0.25) is 0 Å². The van der Waals surface area contributed by atoms with Gasteiger partial charge in [0.05, 0.1) is 26.5 Å². The molecule has 1 aliphatic rings. The van der Waals surface area contributed by atoms with Crippen molar-refractivity contribution in [1.29, 1.82) is 0 Å². The van der Waals surface area contributed by atoms with Crippen molar-refractivity contribution < 1.29 is 27.8 Å². The topological polar surface area (TPSA) is 74.4 Å². The van der Waals surface area contributed by atoms with Crippen LogP contribution in [0.1, 0.15) is 28.8 Å². The number of carbonyl (C=O) groups excluding carboxylic acids is 2. The normalized spacial score (nSPS) is 13.2. The van der Waals surface area contributed by atoms with Crippen molar-refractivity contribution in [2.24, 2.45) is 0 Å². The summed E-state index contributed by atoms with van der Waals surface area (Å²) in [5, 5.41) is 4.52. The van der Waals surface area contributed by atoms with Crippen molar-refractivity contribution in [2.75, 3.05) is 58.8 Å². The fourth-order valence-corrected chi connectivity index (χ4v) is 5.82. The molecule has 11 heteroatoms. The van der Waals surface area contributed by atoms with Crippen LogP contribution in [-0.4, -0.2) is 80.1 Å². The van der Waals surface area contributed by atoms with E-state index in [4.69, 9.17) is 9.47 Å². The van der Waals surface area contributed by atoms with E-state index in [0.717, 1.165) is 48.0 Å². The van der Waals surface area contributed by atoms with Crippen LogP contribution in [-0.2, 0) is 17.8 Å². The van der Waals surface area contributed by atoms with Crippen LogP contribution < -0.4 is 14.8 Å². The highest BCUT2D eigenvalue weighted by Crippen LogP contribution is 2.28. The van der Waals surface area contributed by atoms with E-state index in [-0.39, 0.29) is 18.1 Å². The standard InChI is InChI=1S/C31H38F2N4O4S/c1-22-11-17-42-29(22)20-36(14-10-23-6-9-27(40-2)28(18-23)41-3)30(38)21-37(16-15-35-12-4-5-13-35)31(39)34-26-8-7-24(32)19-25(26)33/h6-9,11,17-19H,4-5,10,12-16,20-21H2,1-3H3,(H,34,39). The number of nitrogens with one attached hydrogen (secondary N) is 1. The van der Waals surface area contributed by atoms with E-state index >= 15 is 0 Å². The Morgan fingerprint density at radius 1 is 0.976 bits per heavy atom. The molecule has 0 radical (unpaired) electrons. The molecular formula is C31H38F2N4O4S. The Morgan fingerprint density at radius 2 is 1.74 bits per heavy atom. The highest BCUT2D eigenvalue weighted by atomic mass is 32.1. The first-order valence-electron chi connectivity index (χ1n) is 14.0. The molecule has 0 bridgehead atoms. The largest absolute Gasteiger partial charge is 0.493 e. The molecule has 2 heterocycles. The molecule has 1 saturated heterocycles. The maximum Gasteiger partial charge on any atom is 0.322 e. The Hall–Kier alpha value is -3.70. The van der Waals surface area contributed by atoms with Crippen LogP contribution in [0.15, 0.2) is 47.8 Å². The summed E-state index contributed by atoms with van der Waals surface area (Å²) in [5.74, 6) is -0.598. The van der Waals surface area contributed by atoms with Gasteiger partial charge in [-0.3, -0.25) is 4.79 Å². The lowest BCUT2D eigenvalue weighted by Gasteiger charge is -2.29. The first kappa shape index (κ1) is 31.2. The second-order valence-corrected chi connectivity index (χ2v) is 11.3. The molecule has 2 aromatic carbocycles. The number of nitrogens with zero attached hydrogens (tertiary/aromatic N) is 3. The number of methoxy groups -OCH3 is 2. The smallest absolute Gasteiger partial charge is 0.322 e. The number of carbonyl (C=O) groups is 2. The van der Waals surface area contributed by atoms with Crippen molar-refractivity contribution in [3.05, 3.63) is 75.5 Å².